The van der Waals surface area contributed by atoms with Crippen LogP contribution in [0.4, 0.5) is 0 Å². The molecule has 128 valence electrons. The SMILES string of the molecule is COCCNCC(=O)N(C1CC1)C(C)c1ccc2ccccc2c1. The van der Waals surface area contributed by atoms with Gasteiger partial charge in [-0.15, -0.1) is 0 Å². The largest absolute Gasteiger partial charge is 0.383 e. The van der Waals surface area contributed by atoms with E-state index in [0.717, 1.165) is 12.8 Å². The van der Waals surface area contributed by atoms with Gasteiger partial charge in [-0.2, -0.15) is 0 Å². The number of hydrogen-bond donors (Lipinski definition) is 1. The highest BCUT2D eigenvalue weighted by Crippen LogP contribution is 2.35. The van der Waals surface area contributed by atoms with Crippen LogP contribution in [0.2, 0.25) is 0 Å². The number of fused-ring (bicyclic) bond motifs is 1. The van der Waals surface area contributed by atoms with Gasteiger partial charge in [-0.3, -0.25) is 4.79 Å². The van der Waals surface area contributed by atoms with E-state index in [2.05, 4.69) is 59.6 Å². The van der Waals surface area contributed by atoms with E-state index in [-0.39, 0.29) is 11.9 Å². The third-order valence-electron chi connectivity index (χ3n) is 4.66. The van der Waals surface area contributed by atoms with Crippen LogP contribution in [0.3, 0.4) is 0 Å². The summed E-state index contributed by atoms with van der Waals surface area (Å²) in [6.07, 6.45) is 2.23. The average Bonchev–Trinajstić information content (AvgIpc) is 3.43. The molecule has 0 aromatic heterocycles. The normalized spacial score (nSPS) is 15.4. The van der Waals surface area contributed by atoms with Crippen molar-refractivity contribution in [2.24, 2.45) is 0 Å². The Morgan fingerprint density at radius 3 is 2.71 bits per heavy atom. The zero-order valence-corrected chi connectivity index (χ0v) is 14.5. The number of methoxy groups -OCH3 is 1. The third-order valence-corrected chi connectivity index (χ3v) is 4.66. The first-order chi connectivity index (χ1) is 11.7. The predicted octanol–water partition coefficient (Wildman–Crippen LogP) is 3.13. The van der Waals surface area contributed by atoms with E-state index < -0.39 is 0 Å². The van der Waals surface area contributed by atoms with Gasteiger partial charge in [0.25, 0.3) is 0 Å². The molecule has 4 nitrogen and oxygen atoms in total. The van der Waals surface area contributed by atoms with Gasteiger partial charge in [-0.1, -0.05) is 36.4 Å². The highest BCUT2D eigenvalue weighted by molar-refractivity contribution is 5.84. The van der Waals surface area contributed by atoms with E-state index in [1.54, 1.807) is 7.11 Å². The van der Waals surface area contributed by atoms with Gasteiger partial charge in [0.15, 0.2) is 0 Å². The van der Waals surface area contributed by atoms with Crippen molar-refractivity contribution in [2.75, 3.05) is 26.8 Å². The van der Waals surface area contributed by atoms with Gasteiger partial charge < -0.3 is 15.0 Å². The van der Waals surface area contributed by atoms with Crippen molar-refractivity contribution in [3.05, 3.63) is 48.0 Å². The predicted molar refractivity (Wildman–Crippen MR) is 97.0 cm³/mol. The number of hydrogen-bond acceptors (Lipinski definition) is 3. The van der Waals surface area contributed by atoms with Gasteiger partial charge in [0.1, 0.15) is 0 Å². The van der Waals surface area contributed by atoms with E-state index in [1.807, 2.05) is 0 Å². The van der Waals surface area contributed by atoms with Gasteiger partial charge in [-0.05, 0) is 42.2 Å². The Morgan fingerprint density at radius 1 is 1.25 bits per heavy atom. The molecule has 1 N–H and O–H groups in total. The summed E-state index contributed by atoms with van der Waals surface area (Å²) in [6.45, 7) is 3.83. The molecule has 1 amide bonds. The number of amides is 1. The molecule has 24 heavy (non-hydrogen) atoms. The van der Waals surface area contributed by atoms with Crippen molar-refractivity contribution in [2.45, 2.75) is 31.8 Å². The second-order valence-corrected chi connectivity index (χ2v) is 6.48. The Morgan fingerprint density at radius 2 is 2.00 bits per heavy atom. The summed E-state index contributed by atoms with van der Waals surface area (Å²) < 4.78 is 5.01. The van der Waals surface area contributed by atoms with Gasteiger partial charge in [-0.25, -0.2) is 0 Å². The maximum atomic E-state index is 12.7. The van der Waals surface area contributed by atoms with Gasteiger partial charge in [0.05, 0.1) is 19.2 Å². The molecule has 0 radical (unpaired) electrons. The van der Waals surface area contributed by atoms with Gasteiger partial charge in [0, 0.05) is 19.7 Å². The van der Waals surface area contributed by atoms with Crippen LogP contribution < -0.4 is 5.32 Å². The molecule has 1 aliphatic rings. The van der Waals surface area contributed by atoms with Crippen LogP contribution >= 0.6 is 0 Å². The van der Waals surface area contributed by atoms with Crippen LogP contribution in [0, 0.1) is 0 Å². The lowest BCUT2D eigenvalue weighted by atomic mass is 10.0. The number of carbonyl (C=O) groups is 1. The number of benzene rings is 2. The second-order valence-electron chi connectivity index (χ2n) is 6.48. The Hall–Kier alpha value is -1.91. The number of rotatable bonds is 8. The summed E-state index contributed by atoms with van der Waals surface area (Å²) in [7, 11) is 1.67. The summed E-state index contributed by atoms with van der Waals surface area (Å²) in [4.78, 5) is 14.7. The topological polar surface area (TPSA) is 41.6 Å². The molecule has 1 aliphatic carbocycles. The summed E-state index contributed by atoms with van der Waals surface area (Å²) in [6, 6.07) is 15.3. The lowest BCUT2D eigenvalue weighted by Gasteiger charge is -2.30. The van der Waals surface area contributed by atoms with Crippen molar-refractivity contribution < 1.29 is 9.53 Å². The van der Waals surface area contributed by atoms with Crippen molar-refractivity contribution in [1.29, 1.82) is 0 Å². The lowest BCUT2D eigenvalue weighted by Crippen LogP contribution is -2.41. The van der Waals surface area contributed by atoms with Gasteiger partial charge >= 0.3 is 0 Å². The fourth-order valence-corrected chi connectivity index (χ4v) is 3.18. The number of ether oxygens (including phenoxy) is 1. The van der Waals surface area contributed by atoms with E-state index in [0.29, 0.717) is 25.7 Å². The molecule has 1 unspecified atom stereocenters. The molecular weight excluding hydrogens is 300 g/mol. The molecule has 4 heteroatoms. The fourth-order valence-electron chi connectivity index (χ4n) is 3.18. The van der Waals surface area contributed by atoms with Crippen molar-refractivity contribution in [3.63, 3.8) is 0 Å². The van der Waals surface area contributed by atoms with Crippen molar-refractivity contribution in [3.8, 4) is 0 Å². The molecular formula is C20H26N2O2. The minimum Gasteiger partial charge on any atom is -0.383 e. The third kappa shape index (κ3) is 3.94. The average molecular weight is 326 g/mol. The van der Waals surface area contributed by atoms with Crippen LogP contribution in [0.25, 0.3) is 10.8 Å². The lowest BCUT2D eigenvalue weighted by molar-refractivity contribution is -0.133. The maximum absolute atomic E-state index is 12.7. The highest BCUT2D eigenvalue weighted by atomic mass is 16.5. The molecule has 3 rings (SSSR count). The van der Waals surface area contributed by atoms with Crippen LogP contribution in [0.5, 0.6) is 0 Å². The summed E-state index contributed by atoms with van der Waals surface area (Å²) in [5.74, 6) is 0.175. The molecule has 1 fully saturated rings. The molecule has 0 heterocycles. The van der Waals surface area contributed by atoms with E-state index in [9.17, 15) is 4.79 Å². The van der Waals surface area contributed by atoms with Crippen molar-refractivity contribution >= 4 is 16.7 Å². The number of nitrogens with one attached hydrogen (secondary N) is 1. The monoisotopic (exact) mass is 326 g/mol. The molecule has 2 aromatic carbocycles. The summed E-state index contributed by atoms with van der Waals surface area (Å²) in [5.41, 5.74) is 1.20. The van der Waals surface area contributed by atoms with E-state index in [4.69, 9.17) is 4.74 Å². The van der Waals surface area contributed by atoms with Crippen LogP contribution in [-0.4, -0.2) is 43.7 Å². The molecule has 0 saturated heterocycles. The highest BCUT2D eigenvalue weighted by Gasteiger charge is 2.35. The molecule has 0 aliphatic heterocycles. The van der Waals surface area contributed by atoms with Crippen LogP contribution in [0.1, 0.15) is 31.4 Å². The second kappa shape index (κ2) is 7.77. The molecule has 1 atom stereocenters. The Kier molecular flexibility index (Phi) is 5.48. The summed E-state index contributed by atoms with van der Waals surface area (Å²) >= 11 is 0. The fraction of sp³-hybridized carbons (Fsp3) is 0.450. The molecule has 0 bridgehead atoms. The first kappa shape index (κ1) is 16.9. The molecule has 0 spiro atoms. The maximum Gasteiger partial charge on any atom is 0.237 e. The zero-order valence-electron chi connectivity index (χ0n) is 14.5. The standard InChI is InChI=1S/C20H26N2O2/c1-15(17-8-7-16-5-3-4-6-18(16)13-17)22(19-9-10-19)20(23)14-21-11-12-24-2/h3-8,13,15,19,21H,9-12,14H2,1-2H3. The number of nitrogens with zero attached hydrogens (tertiary/aromatic N) is 1. The minimum absolute atomic E-state index is 0.0961. The van der Waals surface area contributed by atoms with Crippen molar-refractivity contribution in [1.82, 2.24) is 10.2 Å². The van der Waals surface area contributed by atoms with Crippen LogP contribution in [-0.2, 0) is 9.53 Å². The summed E-state index contributed by atoms with van der Waals surface area (Å²) in [5, 5.41) is 5.63. The first-order valence-electron chi connectivity index (χ1n) is 8.70. The van der Waals surface area contributed by atoms with Gasteiger partial charge in [0.2, 0.25) is 5.91 Å². The Labute approximate surface area is 143 Å². The Bertz CT molecular complexity index is 697. The van der Waals surface area contributed by atoms with E-state index >= 15 is 0 Å². The minimum atomic E-state index is 0.0961. The molecule has 1 saturated carbocycles. The smallest absolute Gasteiger partial charge is 0.237 e. The van der Waals surface area contributed by atoms with E-state index in [1.165, 1.54) is 16.3 Å². The quantitative estimate of drug-likeness (QED) is 0.758. The van der Waals surface area contributed by atoms with Crippen LogP contribution in [0.15, 0.2) is 42.5 Å². The molecule has 2 aromatic rings. The number of carbonyl (C=O) groups excluding carboxylic acids is 1. The Balaban J connectivity index is 1.73. The first-order valence-corrected chi connectivity index (χ1v) is 8.70. The zero-order chi connectivity index (χ0) is 16.9.